The second kappa shape index (κ2) is 5.69. The van der Waals surface area contributed by atoms with Crippen molar-refractivity contribution in [2.45, 2.75) is 26.4 Å². The molecule has 0 bridgehead atoms. The van der Waals surface area contributed by atoms with Crippen LogP contribution in [0.5, 0.6) is 5.75 Å². The Bertz CT molecular complexity index is 538. The first-order chi connectivity index (χ1) is 9.11. The lowest BCUT2D eigenvalue weighted by atomic mass is 10.0. The minimum absolute atomic E-state index is 0.103. The van der Waals surface area contributed by atoms with Gasteiger partial charge in [0.1, 0.15) is 5.75 Å². The van der Waals surface area contributed by atoms with Crippen molar-refractivity contribution >= 4 is 5.88 Å². The van der Waals surface area contributed by atoms with E-state index in [1.54, 1.807) is 12.1 Å². The largest absolute Gasteiger partial charge is 0.435 e. The number of hydrogen-bond donors (Lipinski definition) is 1. The standard InChI is InChI=1S/C13H14F2N2O2/c1-2-3-10-11(12(16)19-17-10)8-4-6-9(7-5-8)18-13(14)15/h4-7,13H,2-3,16H2,1H3. The number of nitrogens with two attached hydrogens (primary N) is 1. The molecule has 0 radical (unpaired) electrons. The summed E-state index contributed by atoms with van der Waals surface area (Å²) in [6, 6.07) is 6.23. The van der Waals surface area contributed by atoms with Gasteiger partial charge in [-0.05, 0) is 24.1 Å². The number of halogens is 2. The monoisotopic (exact) mass is 268 g/mol. The van der Waals surface area contributed by atoms with Crippen LogP contribution in [0.3, 0.4) is 0 Å². The van der Waals surface area contributed by atoms with E-state index in [-0.39, 0.29) is 11.6 Å². The van der Waals surface area contributed by atoms with Crippen molar-refractivity contribution in [1.82, 2.24) is 5.16 Å². The minimum Gasteiger partial charge on any atom is -0.435 e. The number of hydrogen-bond acceptors (Lipinski definition) is 4. The molecule has 2 rings (SSSR count). The quantitative estimate of drug-likeness (QED) is 0.901. The molecule has 0 spiro atoms. The summed E-state index contributed by atoms with van der Waals surface area (Å²) in [5.41, 5.74) is 7.99. The Hall–Kier alpha value is -2.11. The molecule has 6 heteroatoms. The maximum atomic E-state index is 12.1. The van der Waals surface area contributed by atoms with Gasteiger partial charge in [-0.25, -0.2) is 0 Å². The molecule has 1 aromatic carbocycles. The van der Waals surface area contributed by atoms with Crippen molar-refractivity contribution in [3.63, 3.8) is 0 Å². The van der Waals surface area contributed by atoms with E-state index in [0.717, 1.165) is 24.1 Å². The molecule has 0 aliphatic carbocycles. The topological polar surface area (TPSA) is 61.3 Å². The van der Waals surface area contributed by atoms with Crippen molar-refractivity contribution in [1.29, 1.82) is 0 Å². The van der Waals surface area contributed by atoms with Crippen molar-refractivity contribution in [3.8, 4) is 16.9 Å². The molecule has 0 aliphatic rings. The van der Waals surface area contributed by atoms with Crippen molar-refractivity contribution in [2.75, 3.05) is 5.73 Å². The highest BCUT2D eigenvalue weighted by molar-refractivity contribution is 5.75. The van der Waals surface area contributed by atoms with Crippen molar-refractivity contribution in [3.05, 3.63) is 30.0 Å². The second-order valence-electron chi connectivity index (χ2n) is 4.02. The van der Waals surface area contributed by atoms with Gasteiger partial charge in [0.2, 0.25) is 5.88 Å². The minimum atomic E-state index is -2.83. The first kappa shape index (κ1) is 13.3. The molecule has 0 saturated carbocycles. The smallest absolute Gasteiger partial charge is 0.387 e. The van der Waals surface area contributed by atoms with Crippen LogP contribution in [0, 0.1) is 0 Å². The number of ether oxygens (including phenoxy) is 1. The Morgan fingerprint density at radius 2 is 2.00 bits per heavy atom. The Labute approximate surface area is 109 Å². The first-order valence-corrected chi connectivity index (χ1v) is 5.91. The maximum Gasteiger partial charge on any atom is 0.387 e. The van der Waals surface area contributed by atoms with Gasteiger partial charge in [0.05, 0.1) is 11.3 Å². The lowest BCUT2D eigenvalue weighted by molar-refractivity contribution is -0.0498. The molecule has 2 N–H and O–H groups in total. The Morgan fingerprint density at radius 3 is 2.58 bits per heavy atom. The molecule has 1 heterocycles. The predicted molar refractivity (Wildman–Crippen MR) is 67.0 cm³/mol. The van der Waals surface area contributed by atoms with Gasteiger partial charge in [-0.1, -0.05) is 30.6 Å². The zero-order valence-electron chi connectivity index (χ0n) is 10.4. The number of alkyl halides is 2. The molecular weight excluding hydrogens is 254 g/mol. The lowest BCUT2D eigenvalue weighted by Gasteiger charge is -2.06. The van der Waals surface area contributed by atoms with E-state index in [4.69, 9.17) is 10.3 Å². The van der Waals surface area contributed by atoms with E-state index in [1.807, 2.05) is 6.92 Å². The van der Waals surface area contributed by atoms with Crippen LogP contribution in [0.1, 0.15) is 19.0 Å². The van der Waals surface area contributed by atoms with Gasteiger partial charge in [0.15, 0.2) is 0 Å². The summed E-state index contributed by atoms with van der Waals surface area (Å²) in [5, 5.41) is 3.90. The summed E-state index contributed by atoms with van der Waals surface area (Å²) in [7, 11) is 0. The highest BCUT2D eigenvalue weighted by atomic mass is 19.3. The number of aryl methyl sites for hydroxylation is 1. The highest BCUT2D eigenvalue weighted by Crippen LogP contribution is 2.31. The number of anilines is 1. The SMILES string of the molecule is CCCc1noc(N)c1-c1ccc(OC(F)F)cc1. The summed E-state index contributed by atoms with van der Waals surface area (Å²) >= 11 is 0. The third-order valence-electron chi connectivity index (χ3n) is 2.64. The normalized spacial score (nSPS) is 10.9. The number of aromatic nitrogens is 1. The molecule has 0 aliphatic heterocycles. The second-order valence-corrected chi connectivity index (χ2v) is 4.02. The summed E-state index contributed by atoms with van der Waals surface area (Å²) < 4.78 is 33.4. The Kier molecular flexibility index (Phi) is 3.99. The Balaban J connectivity index is 2.29. The van der Waals surface area contributed by atoms with Gasteiger partial charge in [0, 0.05) is 0 Å². The average molecular weight is 268 g/mol. The highest BCUT2D eigenvalue weighted by Gasteiger charge is 2.15. The van der Waals surface area contributed by atoms with Crippen LogP contribution in [-0.4, -0.2) is 11.8 Å². The molecule has 0 fully saturated rings. The summed E-state index contributed by atoms with van der Waals surface area (Å²) in [5.74, 6) is 0.330. The van der Waals surface area contributed by atoms with E-state index < -0.39 is 6.61 Å². The van der Waals surface area contributed by atoms with E-state index in [2.05, 4.69) is 9.89 Å². The van der Waals surface area contributed by atoms with Crippen molar-refractivity contribution in [2.24, 2.45) is 0 Å². The van der Waals surface area contributed by atoms with Crippen LogP contribution in [0.2, 0.25) is 0 Å². The number of rotatable bonds is 5. The van der Waals surface area contributed by atoms with Crippen LogP contribution in [0.4, 0.5) is 14.7 Å². The number of nitrogens with zero attached hydrogens (tertiary/aromatic N) is 1. The van der Waals surface area contributed by atoms with E-state index in [1.165, 1.54) is 12.1 Å². The third-order valence-corrected chi connectivity index (χ3v) is 2.64. The van der Waals surface area contributed by atoms with Gasteiger partial charge in [-0.15, -0.1) is 0 Å². The molecule has 0 atom stereocenters. The molecule has 0 saturated heterocycles. The van der Waals surface area contributed by atoms with Crippen LogP contribution in [0.15, 0.2) is 28.8 Å². The molecular formula is C13H14F2N2O2. The number of benzene rings is 1. The molecule has 19 heavy (non-hydrogen) atoms. The molecule has 4 nitrogen and oxygen atoms in total. The predicted octanol–water partition coefficient (Wildman–Crippen LogP) is 3.48. The van der Waals surface area contributed by atoms with Gasteiger partial charge in [0.25, 0.3) is 0 Å². The third kappa shape index (κ3) is 3.01. The maximum absolute atomic E-state index is 12.1. The van der Waals surface area contributed by atoms with E-state index in [0.29, 0.717) is 5.56 Å². The summed E-state index contributed by atoms with van der Waals surface area (Å²) in [4.78, 5) is 0. The Morgan fingerprint density at radius 1 is 1.32 bits per heavy atom. The molecule has 102 valence electrons. The van der Waals surface area contributed by atoms with Gasteiger partial charge in [-0.3, -0.25) is 0 Å². The van der Waals surface area contributed by atoms with Gasteiger partial charge < -0.3 is 15.0 Å². The fourth-order valence-electron chi connectivity index (χ4n) is 1.86. The molecule has 2 aromatic rings. The first-order valence-electron chi connectivity index (χ1n) is 5.91. The lowest BCUT2D eigenvalue weighted by Crippen LogP contribution is -2.01. The van der Waals surface area contributed by atoms with E-state index in [9.17, 15) is 8.78 Å². The molecule has 0 unspecified atom stereocenters. The molecule has 1 aromatic heterocycles. The molecule has 0 amide bonds. The fourth-order valence-corrected chi connectivity index (χ4v) is 1.86. The average Bonchev–Trinajstić information content (AvgIpc) is 2.72. The van der Waals surface area contributed by atoms with Crippen LogP contribution < -0.4 is 10.5 Å². The van der Waals surface area contributed by atoms with Gasteiger partial charge >= 0.3 is 6.61 Å². The number of nitrogen functional groups attached to an aromatic ring is 1. The summed E-state index contributed by atoms with van der Waals surface area (Å²) in [6.07, 6.45) is 1.65. The van der Waals surface area contributed by atoms with Crippen molar-refractivity contribution < 1.29 is 18.0 Å². The zero-order valence-corrected chi connectivity index (χ0v) is 10.4. The van der Waals surface area contributed by atoms with E-state index >= 15 is 0 Å². The van der Waals surface area contributed by atoms with Crippen LogP contribution in [0.25, 0.3) is 11.1 Å². The zero-order chi connectivity index (χ0) is 13.8. The fraction of sp³-hybridized carbons (Fsp3) is 0.308. The summed E-state index contributed by atoms with van der Waals surface area (Å²) in [6.45, 7) is -0.809. The van der Waals surface area contributed by atoms with Gasteiger partial charge in [-0.2, -0.15) is 8.78 Å². The van der Waals surface area contributed by atoms with Crippen LogP contribution >= 0.6 is 0 Å². The van der Waals surface area contributed by atoms with Crippen LogP contribution in [-0.2, 0) is 6.42 Å².